The number of carbonyl (C=O) groups is 7. The Morgan fingerprint density at radius 2 is 1.63 bits per heavy atom. The molecule has 67 heavy (non-hydrogen) atoms. The van der Waals surface area contributed by atoms with E-state index in [1.807, 2.05) is 11.0 Å². The van der Waals surface area contributed by atoms with Gasteiger partial charge in [-0.25, -0.2) is 4.79 Å². The molecule has 6 rings (SSSR count). The highest BCUT2D eigenvalue weighted by Gasteiger charge is 2.48. The number of ether oxygens (including phenoxy) is 3. The number of aromatic nitrogens is 1. The van der Waals surface area contributed by atoms with Crippen molar-refractivity contribution >= 4 is 53.2 Å². The van der Waals surface area contributed by atoms with Crippen LogP contribution < -0.4 is 25.4 Å². The van der Waals surface area contributed by atoms with Gasteiger partial charge >= 0.3 is 5.97 Å². The smallest absolute Gasteiger partial charge is 0.335 e. The third kappa shape index (κ3) is 14.2. The lowest BCUT2D eigenvalue weighted by Gasteiger charge is -2.38. The van der Waals surface area contributed by atoms with E-state index in [0.717, 1.165) is 54.7 Å². The summed E-state index contributed by atoms with van der Waals surface area (Å²) in [5.41, 5.74) is 1.81. The van der Waals surface area contributed by atoms with Crippen molar-refractivity contribution in [2.75, 3.05) is 38.0 Å². The SMILES string of the molecule is O=C(/C=C/c1cccnc1)NCCCCC1CCN(C(=O)c2cccc(OCc3ccc(O[C@@H]4O[C@H](C(=O)O)[C@@H](O)[C@H](O)[C@H]4O)c(NC(=O)CCNC(=O)CCN4C(=O)C=CC4=O)c3)c2)CC1. The van der Waals surface area contributed by atoms with Gasteiger partial charge in [-0.05, 0) is 78.8 Å². The minimum atomic E-state index is -1.96. The van der Waals surface area contributed by atoms with Gasteiger partial charge in [-0.15, -0.1) is 0 Å². The van der Waals surface area contributed by atoms with Gasteiger partial charge in [-0.1, -0.05) is 31.0 Å². The molecule has 3 aromatic rings. The van der Waals surface area contributed by atoms with Crippen LogP contribution in [-0.4, -0.2) is 140 Å². The van der Waals surface area contributed by atoms with Crippen molar-refractivity contribution in [2.45, 2.75) is 82.3 Å². The maximum atomic E-state index is 13.6. The van der Waals surface area contributed by atoms with Gasteiger partial charge in [0, 0.05) is 81.8 Å². The molecule has 0 bridgehead atoms. The first-order valence-electron chi connectivity index (χ1n) is 22.0. The Bertz CT molecular complexity index is 2300. The number of likely N-dealkylation sites (tertiary alicyclic amines) is 1. The van der Waals surface area contributed by atoms with Crippen LogP contribution in [0.2, 0.25) is 0 Å². The molecule has 0 spiro atoms. The Hall–Kier alpha value is -7.00. The van der Waals surface area contributed by atoms with E-state index in [4.69, 9.17) is 14.2 Å². The van der Waals surface area contributed by atoms with Gasteiger partial charge in [0.25, 0.3) is 17.7 Å². The molecule has 20 heteroatoms. The predicted molar refractivity (Wildman–Crippen MR) is 238 cm³/mol. The van der Waals surface area contributed by atoms with Crippen molar-refractivity contribution in [2.24, 2.45) is 5.92 Å². The van der Waals surface area contributed by atoms with Gasteiger partial charge in [0.2, 0.25) is 24.0 Å². The molecule has 0 unspecified atom stereocenters. The normalized spacial score (nSPS) is 20.7. The molecule has 2 fully saturated rings. The van der Waals surface area contributed by atoms with Gasteiger partial charge in [0.15, 0.2) is 6.10 Å². The van der Waals surface area contributed by atoms with E-state index in [9.17, 15) is 54.0 Å². The predicted octanol–water partition coefficient (Wildman–Crippen LogP) is 1.54. The Morgan fingerprint density at radius 3 is 2.36 bits per heavy atom. The topological polar surface area (TPSA) is 284 Å². The van der Waals surface area contributed by atoms with Crippen LogP contribution in [0.3, 0.4) is 0 Å². The van der Waals surface area contributed by atoms with Gasteiger partial charge in [-0.2, -0.15) is 0 Å². The molecule has 4 heterocycles. The zero-order valence-corrected chi connectivity index (χ0v) is 36.5. The Balaban J connectivity index is 0.998. The highest BCUT2D eigenvalue weighted by atomic mass is 16.7. The number of nitrogens with one attached hydrogen (secondary N) is 3. The largest absolute Gasteiger partial charge is 0.489 e. The molecular formula is C47H54N6O14. The fourth-order valence-electron chi connectivity index (χ4n) is 7.59. The number of rotatable bonds is 21. The standard InChI is InChI=1S/C47H54N6O14/c54-36(12-10-30-6-4-19-48-27-30)49-20-2-1-5-29-16-22-52(23-17-29)45(62)32-7-3-8-33(26-32)65-28-31-9-11-35(66-47-43(61)41(59)42(60)44(67-47)46(63)64)34(25-31)51-38(56)15-21-50-37(55)18-24-53-39(57)13-14-40(53)58/h3-4,6-14,19,25-27,29,41-44,47,59-61H,1-2,5,15-18,20-24,28H2,(H,49,54)(H,50,55)(H,51,56)(H,63,64)/b12-10+/t41-,42-,43+,44-,47+/m0/s1. The lowest BCUT2D eigenvalue weighted by Crippen LogP contribution is -2.61. The minimum Gasteiger partial charge on any atom is -0.489 e. The molecule has 0 saturated carbocycles. The number of hydrogen-bond acceptors (Lipinski definition) is 14. The summed E-state index contributed by atoms with van der Waals surface area (Å²) in [6.07, 6.45) is 3.39. The first kappa shape index (κ1) is 49.4. The Morgan fingerprint density at radius 1 is 0.851 bits per heavy atom. The molecule has 0 aliphatic carbocycles. The molecule has 2 aromatic carbocycles. The molecule has 0 radical (unpaired) electrons. The molecule has 7 N–H and O–H groups in total. The summed E-state index contributed by atoms with van der Waals surface area (Å²) in [4.78, 5) is 93.2. The van der Waals surface area contributed by atoms with Crippen LogP contribution in [0, 0.1) is 5.92 Å². The third-order valence-corrected chi connectivity index (χ3v) is 11.3. The summed E-state index contributed by atoms with van der Waals surface area (Å²) in [5.74, 6) is -3.31. The molecule has 6 amide bonds. The number of carboxylic acid groups (broad SMARTS) is 1. The van der Waals surface area contributed by atoms with Gasteiger partial charge in [0.05, 0.1) is 5.69 Å². The molecule has 5 atom stereocenters. The van der Waals surface area contributed by atoms with Crippen LogP contribution >= 0.6 is 0 Å². The number of benzene rings is 2. The third-order valence-electron chi connectivity index (χ3n) is 11.3. The van der Waals surface area contributed by atoms with E-state index in [-0.39, 0.29) is 55.8 Å². The van der Waals surface area contributed by atoms with Crippen LogP contribution in [0.1, 0.15) is 66.4 Å². The minimum absolute atomic E-state index is 0.0171. The first-order chi connectivity index (χ1) is 32.2. The van der Waals surface area contributed by atoms with Crippen LogP contribution in [-0.2, 0) is 40.1 Å². The number of aliphatic carboxylic acids is 1. The average Bonchev–Trinajstić information content (AvgIpc) is 3.65. The van der Waals surface area contributed by atoms with E-state index in [2.05, 4.69) is 20.9 Å². The van der Waals surface area contributed by atoms with Gasteiger partial charge < -0.3 is 55.5 Å². The number of carbonyl (C=O) groups excluding carboxylic acids is 6. The molecule has 2 saturated heterocycles. The first-order valence-corrected chi connectivity index (χ1v) is 22.0. The van der Waals surface area contributed by atoms with Gasteiger partial charge in [-0.3, -0.25) is 38.7 Å². The summed E-state index contributed by atoms with van der Waals surface area (Å²) >= 11 is 0. The van der Waals surface area contributed by atoms with Crippen molar-refractivity contribution in [3.05, 3.63) is 102 Å². The number of unbranched alkanes of at least 4 members (excludes halogenated alkanes) is 1. The van der Waals surface area contributed by atoms with E-state index >= 15 is 0 Å². The van der Waals surface area contributed by atoms with E-state index in [0.29, 0.717) is 42.4 Å². The zero-order valence-electron chi connectivity index (χ0n) is 36.5. The number of anilines is 1. The summed E-state index contributed by atoms with van der Waals surface area (Å²) < 4.78 is 17.1. The van der Waals surface area contributed by atoms with E-state index in [1.54, 1.807) is 54.9 Å². The molecule has 356 valence electrons. The number of imide groups is 1. The number of aliphatic hydroxyl groups excluding tert-OH is 3. The molecule has 20 nitrogen and oxygen atoms in total. The Kier molecular flexibility index (Phi) is 17.7. The number of hydrogen-bond donors (Lipinski definition) is 7. The summed E-state index contributed by atoms with van der Waals surface area (Å²) in [6.45, 7) is 1.49. The lowest BCUT2D eigenvalue weighted by molar-refractivity contribution is -0.271. The van der Waals surface area contributed by atoms with Crippen molar-refractivity contribution in [1.29, 1.82) is 0 Å². The van der Waals surface area contributed by atoms with Crippen molar-refractivity contribution < 1.29 is 68.2 Å². The zero-order chi connectivity index (χ0) is 47.9. The van der Waals surface area contributed by atoms with Gasteiger partial charge in [0.1, 0.15) is 36.4 Å². The van der Waals surface area contributed by atoms with Crippen molar-refractivity contribution in [1.82, 2.24) is 25.4 Å². The summed E-state index contributed by atoms with van der Waals surface area (Å²) in [7, 11) is 0. The maximum absolute atomic E-state index is 13.6. The van der Waals surface area contributed by atoms with E-state index < -0.39 is 60.3 Å². The number of aliphatic hydroxyl groups is 3. The molecule has 3 aliphatic heterocycles. The highest BCUT2D eigenvalue weighted by Crippen LogP contribution is 2.32. The van der Waals surface area contributed by atoms with Crippen molar-refractivity contribution in [3.63, 3.8) is 0 Å². The summed E-state index contributed by atoms with van der Waals surface area (Å²) in [6, 6.07) is 14.9. The second-order valence-corrected chi connectivity index (χ2v) is 16.2. The maximum Gasteiger partial charge on any atom is 0.335 e. The monoisotopic (exact) mass is 926 g/mol. The quantitative estimate of drug-likeness (QED) is 0.0453. The number of amides is 6. The summed E-state index contributed by atoms with van der Waals surface area (Å²) in [5, 5.41) is 48.7. The van der Waals surface area contributed by atoms with E-state index in [1.165, 1.54) is 18.2 Å². The number of nitrogens with zero attached hydrogens (tertiary/aromatic N) is 3. The van der Waals surface area contributed by atoms with Crippen molar-refractivity contribution in [3.8, 4) is 11.5 Å². The molecular weight excluding hydrogens is 873 g/mol. The van der Waals surface area contributed by atoms with Crippen LogP contribution in [0.25, 0.3) is 6.08 Å². The average molecular weight is 927 g/mol. The molecule has 1 aromatic heterocycles. The highest BCUT2D eigenvalue weighted by molar-refractivity contribution is 6.13. The second kappa shape index (κ2) is 24.0. The fraction of sp³-hybridized carbons (Fsp3) is 0.404. The second-order valence-electron chi connectivity index (χ2n) is 16.2. The number of carboxylic acids is 1. The van der Waals surface area contributed by atoms with Crippen LogP contribution in [0.15, 0.2) is 85.2 Å². The van der Waals surface area contributed by atoms with Crippen LogP contribution in [0.4, 0.5) is 5.69 Å². The number of pyridine rings is 1. The Labute approximate surface area is 385 Å². The van der Waals surface area contributed by atoms with Crippen LogP contribution in [0.5, 0.6) is 11.5 Å². The lowest BCUT2D eigenvalue weighted by atomic mass is 9.91. The number of piperidine rings is 1. The fourth-order valence-corrected chi connectivity index (χ4v) is 7.59. The molecule has 3 aliphatic rings.